The largest absolute Gasteiger partial charge is 0.394 e. The molecule has 10 heteroatoms. The molecule has 1 amide bonds. The molecule has 1 rings (SSSR count). The van der Waals surface area contributed by atoms with Gasteiger partial charge in [0.25, 0.3) is 0 Å². The Labute approximate surface area is 109 Å². The van der Waals surface area contributed by atoms with Crippen LogP contribution in [0.2, 0.25) is 0 Å². The Morgan fingerprint density at radius 2 is 1.68 bits per heavy atom. The highest BCUT2D eigenvalue weighted by Gasteiger charge is 1.99. The summed E-state index contributed by atoms with van der Waals surface area (Å²) >= 11 is 0. The lowest BCUT2D eigenvalue weighted by Gasteiger charge is -2.01. The van der Waals surface area contributed by atoms with Crippen molar-refractivity contribution in [3.05, 3.63) is 30.3 Å². The number of carbonyl (C=O) groups excluding carboxylic acids is 1. The molecule has 1 aromatic carbocycles. The number of anilines is 1. The number of nitrogens with zero attached hydrogens (tertiary/aromatic N) is 1. The minimum atomic E-state index is -4.67. The zero-order chi connectivity index (χ0) is 14.9. The van der Waals surface area contributed by atoms with Gasteiger partial charge in [-0.1, -0.05) is 18.2 Å². The van der Waals surface area contributed by atoms with E-state index in [0.717, 1.165) is 5.69 Å². The van der Waals surface area contributed by atoms with Gasteiger partial charge in [0, 0.05) is 5.69 Å². The van der Waals surface area contributed by atoms with E-state index in [0.29, 0.717) is 0 Å². The quantitative estimate of drug-likeness (QED) is 0.277. The average molecular weight is 290 g/mol. The van der Waals surface area contributed by atoms with Crippen LogP contribution in [0.1, 0.15) is 0 Å². The number of benzene rings is 1. The Balaban J connectivity index is 0.000000555. The number of aliphatic imine (C=N–C) groups is 1. The van der Waals surface area contributed by atoms with Gasteiger partial charge in [0.1, 0.15) is 6.54 Å². The van der Waals surface area contributed by atoms with Crippen molar-refractivity contribution < 1.29 is 22.3 Å². The van der Waals surface area contributed by atoms with Gasteiger partial charge < -0.3 is 16.8 Å². The van der Waals surface area contributed by atoms with Gasteiger partial charge in [0.2, 0.25) is 5.91 Å². The van der Waals surface area contributed by atoms with Gasteiger partial charge >= 0.3 is 10.4 Å². The van der Waals surface area contributed by atoms with Crippen LogP contribution in [0.4, 0.5) is 5.69 Å². The fourth-order valence-electron chi connectivity index (χ4n) is 0.885. The molecule has 0 heterocycles. The van der Waals surface area contributed by atoms with Crippen LogP contribution in [0.25, 0.3) is 0 Å². The van der Waals surface area contributed by atoms with Crippen molar-refractivity contribution in [2.24, 2.45) is 16.5 Å². The van der Waals surface area contributed by atoms with Crippen LogP contribution in [0.5, 0.6) is 0 Å². The minimum absolute atomic E-state index is 0.0583. The molecule has 0 atom stereocenters. The number of amides is 1. The Bertz CT molecular complexity index is 517. The number of hydrogen-bond donors (Lipinski definition) is 5. The number of nitrogens with one attached hydrogen (secondary N) is 1. The van der Waals surface area contributed by atoms with Crippen molar-refractivity contribution >= 4 is 28.0 Å². The summed E-state index contributed by atoms with van der Waals surface area (Å²) in [4.78, 5) is 14.8. The fraction of sp³-hybridized carbons (Fsp3) is 0.111. The van der Waals surface area contributed by atoms with Gasteiger partial charge in [-0.15, -0.1) is 0 Å². The summed E-state index contributed by atoms with van der Waals surface area (Å²) in [6, 6.07) is 9.10. The first-order valence-electron chi connectivity index (χ1n) is 4.78. The van der Waals surface area contributed by atoms with E-state index in [4.69, 9.17) is 29.0 Å². The second-order valence-corrected chi connectivity index (χ2v) is 4.00. The molecule has 0 saturated heterocycles. The van der Waals surface area contributed by atoms with E-state index in [1.165, 1.54) is 0 Å². The van der Waals surface area contributed by atoms with E-state index in [1.54, 1.807) is 12.1 Å². The Kier molecular flexibility index (Phi) is 7.11. The lowest BCUT2D eigenvalue weighted by Crippen LogP contribution is -2.25. The maximum absolute atomic E-state index is 11.2. The third kappa shape index (κ3) is 13.8. The van der Waals surface area contributed by atoms with Crippen LogP contribution < -0.4 is 16.8 Å². The molecule has 0 fully saturated rings. The normalized spacial score (nSPS) is 9.79. The monoisotopic (exact) mass is 290 g/mol. The number of rotatable bonds is 3. The van der Waals surface area contributed by atoms with Crippen molar-refractivity contribution in [2.45, 2.75) is 0 Å². The highest BCUT2D eigenvalue weighted by molar-refractivity contribution is 7.79. The van der Waals surface area contributed by atoms with E-state index < -0.39 is 10.4 Å². The van der Waals surface area contributed by atoms with E-state index in [-0.39, 0.29) is 18.4 Å². The van der Waals surface area contributed by atoms with E-state index in [2.05, 4.69) is 10.3 Å². The predicted molar refractivity (Wildman–Crippen MR) is 69.9 cm³/mol. The fourth-order valence-corrected chi connectivity index (χ4v) is 0.885. The van der Waals surface area contributed by atoms with Crippen LogP contribution >= 0.6 is 0 Å². The Morgan fingerprint density at radius 3 is 2.11 bits per heavy atom. The summed E-state index contributed by atoms with van der Waals surface area (Å²) < 4.78 is 31.6. The standard InChI is InChI=1S/C9H12N4O.H2O4S/c10-9(11)12-6-8(14)13-7-4-2-1-3-5-7;1-5(2,3)4/h1-5H,6H2,(H,13,14)(H4,10,11,12);(H2,1,2,3,4). The molecule has 9 nitrogen and oxygen atoms in total. The number of guanidine groups is 1. The number of nitrogens with two attached hydrogens (primary N) is 2. The molecule has 19 heavy (non-hydrogen) atoms. The van der Waals surface area contributed by atoms with Crippen molar-refractivity contribution in [1.82, 2.24) is 0 Å². The minimum Gasteiger partial charge on any atom is -0.370 e. The molecule has 0 aromatic heterocycles. The van der Waals surface area contributed by atoms with Crippen LogP contribution in [0.3, 0.4) is 0 Å². The molecule has 106 valence electrons. The molecular formula is C9H14N4O5S. The molecule has 0 aliphatic rings. The summed E-state index contributed by atoms with van der Waals surface area (Å²) in [5.74, 6) is -0.335. The third-order valence-electron chi connectivity index (χ3n) is 1.46. The summed E-state index contributed by atoms with van der Waals surface area (Å²) in [6.07, 6.45) is 0. The highest BCUT2D eigenvalue weighted by Crippen LogP contribution is 2.04. The molecule has 0 unspecified atom stereocenters. The molecule has 0 aliphatic heterocycles. The first-order chi connectivity index (χ1) is 8.68. The van der Waals surface area contributed by atoms with Crippen LogP contribution in [-0.2, 0) is 15.2 Å². The zero-order valence-electron chi connectivity index (χ0n) is 9.72. The second-order valence-electron chi connectivity index (χ2n) is 3.10. The van der Waals surface area contributed by atoms with Gasteiger partial charge in [0.05, 0.1) is 0 Å². The van der Waals surface area contributed by atoms with Crippen LogP contribution in [0.15, 0.2) is 35.3 Å². The predicted octanol–water partition coefficient (Wildman–Crippen LogP) is -0.754. The third-order valence-corrected chi connectivity index (χ3v) is 1.46. The second kappa shape index (κ2) is 8.02. The topological polar surface area (TPSA) is 168 Å². The van der Waals surface area contributed by atoms with Crippen molar-refractivity contribution in [2.75, 3.05) is 11.9 Å². The summed E-state index contributed by atoms with van der Waals surface area (Å²) in [5.41, 5.74) is 10.9. The van der Waals surface area contributed by atoms with Crippen molar-refractivity contribution in [1.29, 1.82) is 0 Å². The van der Waals surface area contributed by atoms with Gasteiger partial charge in [0.15, 0.2) is 5.96 Å². The number of hydrogen-bond acceptors (Lipinski definition) is 4. The molecule has 0 radical (unpaired) electrons. The smallest absolute Gasteiger partial charge is 0.370 e. The first kappa shape index (κ1) is 16.8. The van der Waals surface area contributed by atoms with Gasteiger partial charge in [-0.25, -0.2) is 4.99 Å². The maximum Gasteiger partial charge on any atom is 0.394 e. The van der Waals surface area contributed by atoms with Crippen LogP contribution in [-0.4, -0.2) is 35.9 Å². The highest BCUT2D eigenvalue weighted by atomic mass is 32.3. The van der Waals surface area contributed by atoms with E-state index in [9.17, 15) is 4.79 Å². The SMILES string of the molecule is NC(N)=NCC(=O)Nc1ccccc1.O=S(=O)(O)O. The maximum atomic E-state index is 11.2. The molecule has 0 saturated carbocycles. The molecule has 0 spiro atoms. The average Bonchev–Trinajstić information content (AvgIpc) is 2.25. The zero-order valence-corrected chi connectivity index (χ0v) is 10.5. The molecular weight excluding hydrogens is 276 g/mol. The molecule has 0 bridgehead atoms. The van der Waals surface area contributed by atoms with Gasteiger partial charge in [-0.05, 0) is 12.1 Å². The number of carbonyl (C=O) groups is 1. The Hall–Kier alpha value is -2.17. The number of para-hydroxylation sites is 1. The molecule has 1 aromatic rings. The van der Waals surface area contributed by atoms with E-state index >= 15 is 0 Å². The van der Waals surface area contributed by atoms with Crippen molar-refractivity contribution in [3.63, 3.8) is 0 Å². The lowest BCUT2D eigenvalue weighted by atomic mass is 10.3. The lowest BCUT2D eigenvalue weighted by molar-refractivity contribution is -0.114. The molecule has 0 aliphatic carbocycles. The summed E-state index contributed by atoms with van der Waals surface area (Å²) in [6.45, 7) is -0.0583. The van der Waals surface area contributed by atoms with Gasteiger partial charge in [-0.3, -0.25) is 13.9 Å². The van der Waals surface area contributed by atoms with Crippen LogP contribution in [0, 0.1) is 0 Å². The van der Waals surface area contributed by atoms with E-state index in [1.807, 2.05) is 18.2 Å². The first-order valence-corrected chi connectivity index (χ1v) is 6.18. The molecule has 7 N–H and O–H groups in total. The van der Waals surface area contributed by atoms with Gasteiger partial charge in [-0.2, -0.15) is 8.42 Å². The Morgan fingerprint density at radius 1 is 1.21 bits per heavy atom. The summed E-state index contributed by atoms with van der Waals surface area (Å²) in [7, 11) is -4.67. The van der Waals surface area contributed by atoms with Crippen molar-refractivity contribution in [3.8, 4) is 0 Å². The summed E-state index contributed by atoms with van der Waals surface area (Å²) in [5, 5.41) is 2.64.